The Bertz CT molecular complexity index is 616. The Balaban J connectivity index is 1.57. The summed E-state index contributed by atoms with van der Waals surface area (Å²) in [7, 11) is 3.54. The summed E-state index contributed by atoms with van der Waals surface area (Å²) in [6.45, 7) is 1.11. The molecule has 1 amide bonds. The van der Waals surface area contributed by atoms with Crippen LogP contribution in [-0.2, 0) is 11.2 Å². The molecule has 5 nitrogen and oxygen atoms in total. The highest BCUT2D eigenvalue weighted by Gasteiger charge is 2.42. The molecule has 0 atom stereocenters. The van der Waals surface area contributed by atoms with Gasteiger partial charge in [-0.25, -0.2) is 4.99 Å². The van der Waals surface area contributed by atoms with Crippen molar-refractivity contribution < 1.29 is 4.79 Å². The lowest BCUT2D eigenvalue weighted by Gasteiger charge is -2.21. The number of likely N-dealkylation sites (N-methyl/N-ethyl adjacent to an activating group) is 1. The molecule has 0 aromatic heterocycles. The van der Waals surface area contributed by atoms with Crippen LogP contribution in [0.4, 0.5) is 0 Å². The van der Waals surface area contributed by atoms with Crippen molar-refractivity contribution in [1.29, 1.82) is 0 Å². The predicted octanol–water partition coefficient (Wildman–Crippen LogP) is 2.58. The number of hydrogen-bond acceptors (Lipinski definition) is 2. The van der Waals surface area contributed by atoms with Gasteiger partial charge in [-0.2, -0.15) is 0 Å². The first kappa shape index (κ1) is 18.7. The molecule has 0 radical (unpaired) electrons. The number of hydrogen-bond donors (Lipinski definition) is 2. The predicted molar refractivity (Wildman–Crippen MR) is 106 cm³/mol. The Labute approximate surface area is 157 Å². The van der Waals surface area contributed by atoms with Gasteiger partial charge in [-0.3, -0.25) is 4.79 Å². The normalized spacial score (nSPS) is 19.2. The first-order chi connectivity index (χ1) is 12.6. The maximum atomic E-state index is 11.9. The Morgan fingerprint density at radius 1 is 1.19 bits per heavy atom. The number of guanidine groups is 1. The van der Waals surface area contributed by atoms with E-state index >= 15 is 0 Å². The minimum absolute atomic E-state index is 0.0305. The Morgan fingerprint density at radius 3 is 2.50 bits per heavy atom. The summed E-state index contributed by atoms with van der Waals surface area (Å²) in [4.78, 5) is 18.0. The highest BCUT2D eigenvalue weighted by atomic mass is 16.2. The molecule has 2 aliphatic rings. The fourth-order valence-electron chi connectivity index (χ4n) is 3.60. The zero-order valence-corrected chi connectivity index (χ0v) is 16.1. The Hall–Kier alpha value is -2.04. The van der Waals surface area contributed by atoms with Gasteiger partial charge < -0.3 is 15.5 Å². The number of rotatable bonds is 7. The van der Waals surface area contributed by atoms with Gasteiger partial charge in [0.2, 0.25) is 5.91 Å². The van der Waals surface area contributed by atoms with Gasteiger partial charge in [0.05, 0.1) is 0 Å². The summed E-state index contributed by atoms with van der Waals surface area (Å²) in [6, 6.07) is 11.2. The van der Waals surface area contributed by atoms with Gasteiger partial charge in [0.25, 0.3) is 0 Å². The molecular weight excluding hydrogens is 324 g/mol. The number of benzene rings is 1. The second-order valence-corrected chi connectivity index (χ2v) is 8.09. The molecule has 2 saturated carbocycles. The standard InChI is InChI=1S/C21H32N4O/c1-25(2)19(26)15-22-20(24-18-10-6-7-11-18)23-16-21(12-13-21)14-17-8-4-3-5-9-17/h3-5,8-9,18H,6-7,10-16H2,1-2H3,(H2,22,23,24). The van der Waals surface area contributed by atoms with E-state index in [0.717, 1.165) is 18.9 Å². The van der Waals surface area contributed by atoms with Gasteiger partial charge in [-0.1, -0.05) is 43.2 Å². The average Bonchev–Trinajstić information content (AvgIpc) is 3.20. The fraction of sp³-hybridized carbons (Fsp3) is 0.619. The molecule has 0 aliphatic heterocycles. The van der Waals surface area contributed by atoms with E-state index < -0.39 is 0 Å². The fourth-order valence-corrected chi connectivity index (χ4v) is 3.60. The molecule has 0 saturated heterocycles. The van der Waals surface area contributed by atoms with Crippen LogP contribution in [0.2, 0.25) is 0 Å². The summed E-state index contributed by atoms with van der Waals surface area (Å²) in [5, 5.41) is 7.07. The number of aliphatic imine (C=N–C) groups is 1. The lowest BCUT2D eigenvalue weighted by Crippen LogP contribution is -2.45. The van der Waals surface area contributed by atoms with Gasteiger partial charge in [-0.15, -0.1) is 0 Å². The van der Waals surface area contributed by atoms with E-state index in [0.29, 0.717) is 11.5 Å². The van der Waals surface area contributed by atoms with E-state index in [1.54, 1.807) is 19.0 Å². The lowest BCUT2D eigenvalue weighted by atomic mass is 9.96. The molecule has 2 fully saturated rings. The van der Waals surface area contributed by atoms with Crippen molar-refractivity contribution in [3.63, 3.8) is 0 Å². The minimum Gasteiger partial charge on any atom is -0.356 e. The summed E-state index contributed by atoms with van der Waals surface area (Å²) in [5.41, 5.74) is 1.74. The third kappa shape index (κ3) is 5.48. The van der Waals surface area contributed by atoms with Crippen LogP contribution in [-0.4, -0.2) is 50.0 Å². The molecule has 3 rings (SSSR count). The number of nitrogens with zero attached hydrogens (tertiary/aromatic N) is 2. The number of amides is 1. The quantitative estimate of drug-likeness (QED) is 0.583. The van der Waals surface area contributed by atoms with Crippen molar-refractivity contribution in [1.82, 2.24) is 15.5 Å². The molecule has 5 heteroatoms. The van der Waals surface area contributed by atoms with Crippen LogP contribution < -0.4 is 10.6 Å². The number of nitrogens with one attached hydrogen (secondary N) is 2. The van der Waals surface area contributed by atoms with Gasteiger partial charge in [0, 0.05) is 26.7 Å². The van der Waals surface area contributed by atoms with Crippen molar-refractivity contribution in [3.05, 3.63) is 35.9 Å². The molecule has 0 bridgehead atoms. The zero-order valence-electron chi connectivity index (χ0n) is 16.1. The summed E-state index contributed by atoms with van der Waals surface area (Å²) >= 11 is 0. The van der Waals surface area contributed by atoms with E-state index in [9.17, 15) is 4.79 Å². The zero-order chi connectivity index (χ0) is 18.4. The largest absolute Gasteiger partial charge is 0.356 e. The second kappa shape index (κ2) is 8.56. The summed E-state index contributed by atoms with van der Waals surface area (Å²) in [6.07, 6.45) is 8.55. The van der Waals surface area contributed by atoms with E-state index in [1.807, 2.05) is 0 Å². The molecule has 0 spiro atoms. The van der Waals surface area contributed by atoms with Crippen molar-refractivity contribution in [2.75, 3.05) is 27.2 Å². The molecule has 26 heavy (non-hydrogen) atoms. The molecule has 0 unspecified atom stereocenters. The topological polar surface area (TPSA) is 56.7 Å². The van der Waals surface area contributed by atoms with E-state index in [-0.39, 0.29) is 12.5 Å². The highest BCUT2D eigenvalue weighted by molar-refractivity contribution is 5.85. The minimum atomic E-state index is 0.0305. The van der Waals surface area contributed by atoms with E-state index in [1.165, 1.54) is 44.1 Å². The molecule has 1 aromatic rings. The highest BCUT2D eigenvalue weighted by Crippen LogP contribution is 2.47. The maximum Gasteiger partial charge on any atom is 0.243 e. The van der Waals surface area contributed by atoms with Crippen molar-refractivity contribution in [2.45, 2.75) is 51.0 Å². The first-order valence-electron chi connectivity index (χ1n) is 9.85. The maximum absolute atomic E-state index is 11.9. The Morgan fingerprint density at radius 2 is 1.88 bits per heavy atom. The molecule has 1 aromatic carbocycles. The molecular formula is C21H32N4O. The van der Waals surface area contributed by atoms with Crippen LogP contribution in [0.1, 0.15) is 44.1 Å². The van der Waals surface area contributed by atoms with Crippen LogP contribution in [0, 0.1) is 5.41 Å². The summed E-state index contributed by atoms with van der Waals surface area (Å²) < 4.78 is 0. The number of carbonyl (C=O) groups is 1. The monoisotopic (exact) mass is 356 g/mol. The average molecular weight is 357 g/mol. The van der Waals surface area contributed by atoms with Crippen LogP contribution in [0.5, 0.6) is 0 Å². The van der Waals surface area contributed by atoms with Crippen molar-refractivity contribution in [2.24, 2.45) is 10.4 Å². The van der Waals surface area contributed by atoms with Gasteiger partial charge in [-0.05, 0) is 43.1 Å². The smallest absolute Gasteiger partial charge is 0.243 e. The van der Waals surface area contributed by atoms with Crippen LogP contribution >= 0.6 is 0 Å². The lowest BCUT2D eigenvalue weighted by molar-refractivity contribution is -0.127. The van der Waals surface area contributed by atoms with Crippen molar-refractivity contribution in [3.8, 4) is 0 Å². The Kier molecular flexibility index (Phi) is 6.17. The molecule has 2 aliphatic carbocycles. The third-order valence-corrected chi connectivity index (χ3v) is 5.58. The van der Waals surface area contributed by atoms with Gasteiger partial charge in [0.15, 0.2) is 5.96 Å². The van der Waals surface area contributed by atoms with E-state index in [4.69, 9.17) is 0 Å². The summed E-state index contributed by atoms with van der Waals surface area (Å²) in [5.74, 6) is 0.828. The third-order valence-electron chi connectivity index (χ3n) is 5.58. The molecule has 0 heterocycles. The van der Waals surface area contributed by atoms with E-state index in [2.05, 4.69) is 46.0 Å². The molecule has 142 valence electrons. The molecule has 2 N–H and O–H groups in total. The van der Waals surface area contributed by atoms with Gasteiger partial charge >= 0.3 is 0 Å². The first-order valence-corrected chi connectivity index (χ1v) is 9.85. The second-order valence-electron chi connectivity index (χ2n) is 8.09. The number of carbonyl (C=O) groups excluding carboxylic acids is 1. The van der Waals surface area contributed by atoms with Crippen LogP contribution in [0.15, 0.2) is 35.3 Å². The van der Waals surface area contributed by atoms with Gasteiger partial charge in [0.1, 0.15) is 6.54 Å². The SMILES string of the molecule is CN(C)C(=O)CN=C(NCC1(Cc2ccccc2)CC1)NC1CCCC1. The van der Waals surface area contributed by atoms with Crippen LogP contribution in [0.25, 0.3) is 0 Å². The van der Waals surface area contributed by atoms with Crippen LogP contribution in [0.3, 0.4) is 0 Å². The van der Waals surface area contributed by atoms with Crippen molar-refractivity contribution >= 4 is 11.9 Å².